The monoisotopic (exact) mass is 486 g/mol. The Balaban J connectivity index is 1.31. The Kier molecular flexibility index (Phi) is 7.57. The smallest absolute Gasteiger partial charge is 0.306 e. The van der Waals surface area contributed by atoms with Gasteiger partial charge in [0.1, 0.15) is 0 Å². The van der Waals surface area contributed by atoms with Gasteiger partial charge < -0.3 is 10.1 Å². The lowest BCUT2D eigenvalue weighted by Gasteiger charge is -2.13. The predicted molar refractivity (Wildman–Crippen MR) is 119 cm³/mol. The number of unbranched alkanes of at least 4 members (excludes halogenated alkanes) is 2. The molecule has 0 fully saturated rings. The molecule has 0 bridgehead atoms. The van der Waals surface area contributed by atoms with E-state index in [4.69, 9.17) is 4.74 Å². The van der Waals surface area contributed by atoms with Crippen molar-refractivity contribution in [2.24, 2.45) is 0 Å². The molecule has 2 aromatic rings. The summed E-state index contributed by atoms with van der Waals surface area (Å²) in [5.74, 6) is -1.40. The zero-order valence-electron chi connectivity index (χ0n) is 17.2. The molecule has 1 heterocycles. The number of hydrogen-bond donors (Lipinski definition) is 1. The highest BCUT2D eigenvalue weighted by Crippen LogP contribution is 2.23. The molecule has 0 aromatic heterocycles. The van der Waals surface area contributed by atoms with E-state index in [2.05, 4.69) is 21.2 Å². The summed E-state index contributed by atoms with van der Waals surface area (Å²) in [4.78, 5) is 49.6. The van der Waals surface area contributed by atoms with Gasteiger partial charge in [-0.3, -0.25) is 24.1 Å². The van der Waals surface area contributed by atoms with Crippen molar-refractivity contribution in [3.63, 3.8) is 0 Å². The Bertz CT molecular complexity index is 986. The summed E-state index contributed by atoms with van der Waals surface area (Å²) in [6, 6.07) is 12.2. The van der Waals surface area contributed by atoms with Crippen molar-refractivity contribution in [1.29, 1.82) is 0 Å². The van der Waals surface area contributed by atoms with Crippen LogP contribution in [0.25, 0.3) is 0 Å². The van der Waals surface area contributed by atoms with Gasteiger partial charge in [-0.1, -0.05) is 34.5 Å². The first-order valence-electron chi connectivity index (χ1n) is 10.0. The summed E-state index contributed by atoms with van der Waals surface area (Å²) in [6.45, 7) is 1.88. The number of fused-ring (bicyclic) bond motifs is 1. The molecule has 0 saturated carbocycles. The number of carbonyl (C=O) groups excluding carboxylic acids is 4. The van der Waals surface area contributed by atoms with Crippen LogP contribution < -0.4 is 5.32 Å². The van der Waals surface area contributed by atoms with Crippen LogP contribution in [0.1, 0.15) is 52.0 Å². The highest BCUT2D eigenvalue weighted by Gasteiger charge is 2.34. The third-order valence-electron chi connectivity index (χ3n) is 4.95. The molecule has 0 saturated heterocycles. The van der Waals surface area contributed by atoms with Gasteiger partial charge in [0.25, 0.3) is 17.7 Å². The highest BCUT2D eigenvalue weighted by atomic mass is 79.9. The molecule has 8 heteroatoms. The van der Waals surface area contributed by atoms with E-state index in [1.54, 1.807) is 30.3 Å². The number of nitrogens with zero attached hydrogens (tertiary/aromatic N) is 1. The lowest BCUT2D eigenvalue weighted by Crippen LogP contribution is -2.30. The van der Waals surface area contributed by atoms with E-state index in [0.29, 0.717) is 42.6 Å². The van der Waals surface area contributed by atoms with E-state index in [0.717, 1.165) is 10.0 Å². The maximum atomic E-state index is 12.3. The minimum atomic E-state index is -0.456. The zero-order valence-corrected chi connectivity index (χ0v) is 18.7. The topological polar surface area (TPSA) is 92.8 Å². The SMILES string of the molecule is Cc1cc(NC(=O)COC(=O)CCCCCN2C(=O)c3ccccc3C2=O)ccc1Br. The van der Waals surface area contributed by atoms with Crippen LogP contribution >= 0.6 is 15.9 Å². The van der Waals surface area contributed by atoms with Crippen LogP contribution in [-0.4, -0.2) is 41.7 Å². The van der Waals surface area contributed by atoms with E-state index in [-0.39, 0.29) is 24.8 Å². The molecule has 0 radical (unpaired) electrons. The summed E-state index contributed by atoms with van der Waals surface area (Å²) in [6.07, 6.45) is 1.98. The quantitative estimate of drug-likeness (QED) is 0.327. The fourth-order valence-corrected chi connectivity index (χ4v) is 3.54. The van der Waals surface area contributed by atoms with Gasteiger partial charge in [0.15, 0.2) is 6.61 Å². The lowest BCUT2D eigenvalue weighted by atomic mass is 10.1. The van der Waals surface area contributed by atoms with Crippen LogP contribution in [0.3, 0.4) is 0 Å². The molecule has 3 rings (SSSR count). The molecular formula is C23H23BrN2O5. The fraction of sp³-hybridized carbons (Fsp3) is 0.304. The van der Waals surface area contributed by atoms with Gasteiger partial charge in [-0.2, -0.15) is 0 Å². The number of aryl methyl sites for hydroxylation is 1. The van der Waals surface area contributed by atoms with Gasteiger partial charge in [0, 0.05) is 23.1 Å². The second-order valence-corrected chi connectivity index (χ2v) is 8.15. The molecule has 1 aliphatic heterocycles. The molecule has 0 unspecified atom stereocenters. The van der Waals surface area contributed by atoms with E-state index in [1.165, 1.54) is 4.90 Å². The Morgan fingerprint density at radius 1 is 1.00 bits per heavy atom. The van der Waals surface area contributed by atoms with E-state index in [9.17, 15) is 19.2 Å². The van der Waals surface area contributed by atoms with Gasteiger partial charge >= 0.3 is 5.97 Å². The molecule has 162 valence electrons. The van der Waals surface area contributed by atoms with Crippen molar-refractivity contribution in [2.45, 2.75) is 32.6 Å². The first kappa shape index (κ1) is 22.7. The number of hydrogen-bond acceptors (Lipinski definition) is 5. The number of benzene rings is 2. The number of halogens is 1. The van der Waals surface area contributed by atoms with E-state index >= 15 is 0 Å². The van der Waals surface area contributed by atoms with E-state index in [1.807, 2.05) is 19.1 Å². The number of ether oxygens (including phenoxy) is 1. The molecule has 0 spiro atoms. The first-order chi connectivity index (χ1) is 14.9. The van der Waals surface area contributed by atoms with Crippen LogP contribution in [0.5, 0.6) is 0 Å². The van der Waals surface area contributed by atoms with Crippen molar-refractivity contribution >= 4 is 45.3 Å². The van der Waals surface area contributed by atoms with Gasteiger partial charge in [-0.15, -0.1) is 0 Å². The fourth-order valence-electron chi connectivity index (χ4n) is 3.30. The third-order valence-corrected chi connectivity index (χ3v) is 5.84. The van der Waals surface area contributed by atoms with Gasteiger partial charge in [0.2, 0.25) is 0 Å². The second-order valence-electron chi connectivity index (χ2n) is 7.29. The largest absolute Gasteiger partial charge is 0.456 e. The van der Waals surface area contributed by atoms with Crippen LogP contribution in [0.4, 0.5) is 5.69 Å². The molecule has 1 N–H and O–H groups in total. The van der Waals surface area contributed by atoms with Crippen LogP contribution in [-0.2, 0) is 14.3 Å². The summed E-state index contributed by atoms with van der Waals surface area (Å²) in [5, 5.41) is 2.68. The molecule has 31 heavy (non-hydrogen) atoms. The number of amides is 3. The van der Waals surface area contributed by atoms with Crippen molar-refractivity contribution < 1.29 is 23.9 Å². The van der Waals surface area contributed by atoms with Gasteiger partial charge in [-0.25, -0.2) is 0 Å². The van der Waals surface area contributed by atoms with Crippen LogP contribution in [0.15, 0.2) is 46.9 Å². The van der Waals surface area contributed by atoms with Gasteiger partial charge in [0.05, 0.1) is 11.1 Å². The number of rotatable bonds is 9. The minimum Gasteiger partial charge on any atom is -0.456 e. The maximum Gasteiger partial charge on any atom is 0.306 e. The predicted octanol–water partition coefficient (Wildman–Crippen LogP) is 4.10. The molecule has 0 aliphatic carbocycles. The Labute approximate surface area is 188 Å². The molecule has 7 nitrogen and oxygen atoms in total. The van der Waals surface area contributed by atoms with Crippen LogP contribution in [0.2, 0.25) is 0 Å². The summed E-state index contributed by atoms with van der Waals surface area (Å²) >= 11 is 3.39. The molecule has 2 aromatic carbocycles. The number of esters is 1. The summed E-state index contributed by atoms with van der Waals surface area (Å²) in [7, 11) is 0. The number of imide groups is 1. The van der Waals surface area contributed by atoms with Crippen molar-refractivity contribution in [2.75, 3.05) is 18.5 Å². The van der Waals surface area contributed by atoms with Gasteiger partial charge in [-0.05, 0) is 55.7 Å². The highest BCUT2D eigenvalue weighted by molar-refractivity contribution is 9.10. The Morgan fingerprint density at radius 3 is 2.32 bits per heavy atom. The standard InChI is InChI=1S/C23H23BrN2O5/c1-15-13-16(10-11-19(15)24)25-20(27)14-31-21(28)9-3-2-6-12-26-22(29)17-7-4-5-8-18(17)23(26)30/h4-5,7-8,10-11,13H,2-3,6,9,12,14H2,1H3,(H,25,27). The van der Waals surface area contributed by atoms with E-state index < -0.39 is 11.9 Å². The molecule has 3 amide bonds. The molecule has 1 aliphatic rings. The van der Waals surface area contributed by atoms with Crippen molar-refractivity contribution in [3.05, 3.63) is 63.6 Å². The summed E-state index contributed by atoms with van der Waals surface area (Å²) < 4.78 is 5.95. The Morgan fingerprint density at radius 2 is 1.68 bits per heavy atom. The number of anilines is 1. The van der Waals surface area contributed by atoms with Crippen molar-refractivity contribution in [3.8, 4) is 0 Å². The Hall–Kier alpha value is -3.00. The average molecular weight is 487 g/mol. The summed E-state index contributed by atoms with van der Waals surface area (Å²) in [5.41, 5.74) is 2.49. The number of nitrogens with one attached hydrogen (secondary N) is 1. The maximum absolute atomic E-state index is 12.3. The zero-order chi connectivity index (χ0) is 22.4. The normalized spacial score (nSPS) is 12.6. The third kappa shape index (κ3) is 5.79. The second kappa shape index (κ2) is 10.3. The van der Waals surface area contributed by atoms with Crippen molar-refractivity contribution in [1.82, 2.24) is 4.90 Å². The molecule has 0 atom stereocenters. The molecular weight excluding hydrogens is 464 g/mol. The first-order valence-corrected chi connectivity index (χ1v) is 10.8. The minimum absolute atomic E-state index is 0.173. The average Bonchev–Trinajstić information content (AvgIpc) is 2.99. The lowest BCUT2D eigenvalue weighted by molar-refractivity contribution is -0.147. The number of carbonyl (C=O) groups is 4. The van der Waals surface area contributed by atoms with Crippen LogP contribution in [0, 0.1) is 6.92 Å².